The van der Waals surface area contributed by atoms with Crippen LogP contribution in [0.3, 0.4) is 0 Å². The molecule has 0 heterocycles. The second kappa shape index (κ2) is 5.02. The maximum Gasteiger partial charge on any atom is 0.133 e. The molecule has 4 heteroatoms. The van der Waals surface area contributed by atoms with Gasteiger partial charge in [-0.2, -0.15) is 5.48 Å². The van der Waals surface area contributed by atoms with E-state index in [-0.39, 0.29) is 12.1 Å². The summed E-state index contributed by atoms with van der Waals surface area (Å²) in [7, 11) is 1.40. The molecule has 0 aliphatic rings. The highest BCUT2D eigenvalue weighted by molar-refractivity contribution is 5.27. The zero-order chi connectivity index (χ0) is 10.6. The van der Waals surface area contributed by atoms with Crippen molar-refractivity contribution in [2.45, 2.75) is 19.9 Å². The maximum atomic E-state index is 13.5. The Bertz CT molecular complexity index is 315. The van der Waals surface area contributed by atoms with E-state index < -0.39 is 11.6 Å². The smallest absolute Gasteiger partial charge is 0.133 e. The van der Waals surface area contributed by atoms with Crippen molar-refractivity contribution in [1.82, 2.24) is 5.48 Å². The first-order valence-corrected chi connectivity index (χ1v) is 4.42. The van der Waals surface area contributed by atoms with Crippen LogP contribution in [0.15, 0.2) is 12.1 Å². The van der Waals surface area contributed by atoms with Crippen LogP contribution in [-0.4, -0.2) is 7.11 Å². The Balaban J connectivity index is 2.99. The van der Waals surface area contributed by atoms with Crippen LogP contribution in [0, 0.1) is 11.6 Å². The van der Waals surface area contributed by atoms with Gasteiger partial charge in [-0.05, 0) is 18.1 Å². The number of aryl methyl sites for hydroxylation is 1. The third-order valence-electron chi connectivity index (χ3n) is 2.04. The van der Waals surface area contributed by atoms with Gasteiger partial charge in [0.25, 0.3) is 0 Å². The van der Waals surface area contributed by atoms with Gasteiger partial charge in [-0.3, -0.25) is 0 Å². The Labute approximate surface area is 81.8 Å². The Morgan fingerprint density at radius 2 is 2.07 bits per heavy atom. The second-order valence-electron chi connectivity index (χ2n) is 2.88. The van der Waals surface area contributed by atoms with Crippen LogP contribution in [0.5, 0.6) is 0 Å². The van der Waals surface area contributed by atoms with E-state index in [1.54, 1.807) is 0 Å². The molecule has 0 spiro atoms. The van der Waals surface area contributed by atoms with Gasteiger partial charge in [0.05, 0.1) is 13.7 Å². The van der Waals surface area contributed by atoms with E-state index in [1.807, 2.05) is 6.92 Å². The van der Waals surface area contributed by atoms with Crippen LogP contribution < -0.4 is 5.48 Å². The van der Waals surface area contributed by atoms with E-state index in [2.05, 4.69) is 10.3 Å². The molecule has 1 aromatic rings. The summed E-state index contributed by atoms with van der Waals surface area (Å²) in [6, 6.07) is 2.73. The van der Waals surface area contributed by atoms with Crippen LogP contribution in [-0.2, 0) is 17.8 Å². The predicted octanol–water partition coefficient (Wildman–Crippen LogP) is 2.18. The number of hydrogen-bond acceptors (Lipinski definition) is 2. The van der Waals surface area contributed by atoms with E-state index in [0.717, 1.165) is 0 Å². The molecule has 0 atom stereocenters. The van der Waals surface area contributed by atoms with Gasteiger partial charge in [0, 0.05) is 5.56 Å². The highest BCUT2D eigenvalue weighted by Crippen LogP contribution is 2.17. The number of nitrogens with one attached hydrogen (secondary N) is 1. The first-order valence-electron chi connectivity index (χ1n) is 4.42. The van der Waals surface area contributed by atoms with E-state index in [4.69, 9.17) is 0 Å². The predicted molar refractivity (Wildman–Crippen MR) is 49.6 cm³/mol. The Hall–Kier alpha value is -1.00. The lowest BCUT2D eigenvalue weighted by molar-refractivity contribution is 0.0850. The summed E-state index contributed by atoms with van der Waals surface area (Å²) >= 11 is 0. The highest BCUT2D eigenvalue weighted by Gasteiger charge is 2.11. The SMILES string of the molecule is CCc1ccc(F)c(CNOC)c1F. The second-order valence-corrected chi connectivity index (χ2v) is 2.88. The minimum atomic E-state index is -0.552. The lowest BCUT2D eigenvalue weighted by Gasteiger charge is -2.08. The molecule has 2 nitrogen and oxygen atoms in total. The molecule has 1 N–H and O–H groups in total. The summed E-state index contributed by atoms with van der Waals surface area (Å²) in [5.41, 5.74) is 2.95. The molecule has 0 aliphatic heterocycles. The Morgan fingerprint density at radius 3 is 2.64 bits per heavy atom. The van der Waals surface area contributed by atoms with Gasteiger partial charge in [-0.15, -0.1) is 0 Å². The van der Waals surface area contributed by atoms with E-state index in [9.17, 15) is 8.78 Å². The van der Waals surface area contributed by atoms with Gasteiger partial charge < -0.3 is 4.84 Å². The third-order valence-corrected chi connectivity index (χ3v) is 2.04. The number of hydroxylamine groups is 1. The molecule has 0 radical (unpaired) electrons. The molecule has 0 aliphatic carbocycles. The van der Waals surface area contributed by atoms with Crippen molar-refractivity contribution < 1.29 is 13.6 Å². The standard InChI is InChI=1S/C10H13F2NO/c1-3-7-4-5-9(11)8(10(7)12)6-13-14-2/h4-5,13H,3,6H2,1-2H3. The summed E-state index contributed by atoms with van der Waals surface area (Å²) in [5.74, 6) is -1.04. The van der Waals surface area contributed by atoms with Crippen molar-refractivity contribution in [2.75, 3.05) is 7.11 Å². The molecule has 0 unspecified atom stereocenters. The van der Waals surface area contributed by atoms with E-state index in [1.165, 1.54) is 19.2 Å². The monoisotopic (exact) mass is 201 g/mol. The average molecular weight is 201 g/mol. The lowest BCUT2D eigenvalue weighted by atomic mass is 10.1. The molecule has 14 heavy (non-hydrogen) atoms. The van der Waals surface area contributed by atoms with E-state index in [0.29, 0.717) is 12.0 Å². The minimum Gasteiger partial charge on any atom is -0.305 e. The van der Waals surface area contributed by atoms with Crippen LogP contribution in [0.1, 0.15) is 18.1 Å². The van der Waals surface area contributed by atoms with Gasteiger partial charge in [-0.1, -0.05) is 13.0 Å². The van der Waals surface area contributed by atoms with Gasteiger partial charge in [0.1, 0.15) is 11.6 Å². The van der Waals surface area contributed by atoms with Crippen LogP contribution in [0.25, 0.3) is 0 Å². The molecule has 1 rings (SSSR count). The first-order chi connectivity index (χ1) is 6.70. The molecule has 78 valence electrons. The molecule has 0 fully saturated rings. The van der Waals surface area contributed by atoms with E-state index >= 15 is 0 Å². The Morgan fingerprint density at radius 1 is 1.36 bits per heavy atom. The number of hydrogen-bond donors (Lipinski definition) is 1. The van der Waals surface area contributed by atoms with Crippen LogP contribution >= 0.6 is 0 Å². The third kappa shape index (κ3) is 2.27. The van der Waals surface area contributed by atoms with Gasteiger partial charge in [-0.25, -0.2) is 8.78 Å². The van der Waals surface area contributed by atoms with Crippen molar-refractivity contribution in [3.63, 3.8) is 0 Å². The summed E-state index contributed by atoms with van der Waals surface area (Å²) in [6.45, 7) is 1.85. The summed E-state index contributed by atoms with van der Waals surface area (Å²) in [5, 5.41) is 0. The first kappa shape index (κ1) is 11.1. The zero-order valence-electron chi connectivity index (χ0n) is 8.23. The fourth-order valence-electron chi connectivity index (χ4n) is 1.23. The van der Waals surface area contributed by atoms with Crippen LogP contribution in [0.4, 0.5) is 8.78 Å². The van der Waals surface area contributed by atoms with Gasteiger partial charge in [0.15, 0.2) is 0 Å². The fourth-order valence-corrected chi connectivity index (χ4v) is 1.23. The van der Waals surface area contributed by atoms with Gasteiger partial charge in [0.2, 0.25) is 0 Å². The quantitative estimate of drug-likeness (QED) is 0.754. The topological polar surface area (TPSA) is 21.3 Å². The molecule has 1 aromatic carbocycles. The highest BCUT2D eigenvalue weighted by atomic mass is 19.1. The van der Waals surface area contributed by atoms with Crippen molar-refractivity contribution in [3.8, 4) is 0 Å². The largest absolute Gasteiger partial charge is 0.305 e. The van der Waals surface area contributed by atoms with Crippen LogP contribution in [0.2, 0.25) is 0 Å². The van der Waals surface area contributed by atoms with Crippen molar-refractivity contribution >= 4 is 0 Å². The maximum absolute atomic E-state index is 13.5. The fraction of sp³-hybridized carbons (Fsp3) is 0.400. The molecule has 0 amide bonds. The lowest BCUT2D eigenvalue weighted by Crippen LogP contribution is -2.14. The molecular weight excluding hydrogens is 188 g/mol. The molecule has 0 saturated heterocycles. The number of rotatable bonds is 4. The summed E-state index contributed by atoms with van der Waals surface area (Å²) in [4.78, 5) is 4.55. The molecule has 0 bridgehead atoms. The van der Waals surface area contributed by atoms with Gasteiger partial charge >= 0.3 is 0 Å². The number of benzene rings is 1. The summed E-state index contributed by atoms with van der Waals surface area (Å²) < 4.78 is 26.7. The van der Waals surface area contributed by atoms with Crippen molar-refractivity contribution in [3.05, 3.63) is 34.9 Å². The molecular formula is C10H13F2NO. The number of halogens is 2. The van der Waals surface area contributed by atoms with Crippen molar-refractivity contribution in [2.24, 2.45) is 0 Å². The summed E-state index contributed by atoms with van der Waals surface area (Å²) in [6.07, 6.45) is 0.548. The average Bonchev–Trinajstić information content (AvgIpc) is 2.18. The zero-order valence-corrected chi connectivity index (χ0v) is 8.23. The normalized spacial score (nSPS) is 10.6. The molecule has 0 saturated carbocycles. The minimum absolute atomic E-state index is 0.0196. The molecule has 0 aromatic heterocycles. The Kier molecular flexibility index (Phi) is 3.98. The van der Waals surface area contributed by atoms with Crippen molar-refractivity contribution in [1.29, 1.82) is 0 Å².